The smallest absolute Gasteiger partial charge is 0.229 e. The number of thiophene rings is 1. The Morgan fingerprint density at radius 3 is 2.87 bits per heavy atom. The molecule has 0 aliphatic rings. The van der Waals surface area contributed by atoms with Crippen molar-refractivity contribution in [2.75, 3.05) is 0 Å². The first-order valence-electron chi connectivity index (χ1n) is 7.01. The third-order valence-electron chi connectivity index (χ3n) is 2.98. The molecule has 0 radical (unpaired) electrons. The Labute approximate surface area is 138 Å². The van der Waals surface area contributed by atoms with Crippen LogP contribution in [0.2, 0.25) is 0 Å². The number of allylic oxidation sites excluding steroid dienone is 1. The minimum atomic E-state index is -0.254. The lowest BCUT2D eigenvalue weighted by Gasteiger charge is -1.98. The van der Waals surface area contributed by atoms with Crippen LogP contribution in [0.4, 0.5) is 0 Å². The van der Waals surface area contributed by atoms with Gasteiger partial charge in [-0.1, -0.05) is 41.6 Å². The topological polar surface area (TPSA) is 47.8 Å². The summed E-state index contributed by atoms with van der Waals surface area (Å²) in [4.78, 5) is 12.7. The van der Waals surface area contributed by atoms with Crippen LogP contribution in [0, 0.1) is 11.8 Å². The molecule has 5 heteroatoms. The van der Waals surface area contributed by atoms with Gasteiger partial charge >= 0.3 is 0 Å². The molecule has 0 fully saturated rings. The molecule has 1 aromatic carbocycles. The van der Waals surface area contributed by atoms with Gasteiger partial charge in [0.05, 0.1) is 12.7 Å². The van der Waals surface area contributed by atoms with Gasteiger partial charge in [-0.15, -0.1) is 16.4 Å². The predicted octanol–water partition coefficient (Wildman–Crippen LogP) is 3.02. The van der Waals surface area contributed by atoms with E-state index in [1.165, 1.54) is 6.08 Å². The number of rotatable bonds is 4. The fourth-order valence-corrected chi connectivity index (χ4v) is 2.53. The number of aromatic nitrogens is 3. The zero-order valence-corrected chi connectivity index (χ0v) is 13.0. The summed E-state index contributed by atoms with van der Waals surface area (Å²) in [5.41, 5.74) is 1.62. The van der Waals surface area contributed by atoms with Crippen molar-refractivity contribution in [3.8, 4) is 11.8 Å². The van der Waals surface area contributed by atoms with Gasteiger partial charge in [0.15, 0.2) is 5.69 Å². The molecule has 0 bridgehead atoms. The van der Waals surface area contributed by atoms with Crippen molar-refractivity contribution in [1.82, 2.24) is 15.0 Å². The lowest BCUT2D eigenvalue weighted by Crippen LogP contribution is -1.99. The maximum atomic E-state index is 11.7. The van der Waals surface area contributed by atoms with E-state index in [9.17, 15) is 4.79 Å². The second-order valence-corrected chi connectivity index (χ2v) is 5.73. The Morgan fingerprint density at radius 2 is 2.09 bits per heavy atom. The molecule has 2 aromatic heterocycles. The van der Waals surface area contributed by atoms with Crippen LogP contribution in [0.3, 0.4) is 0 Å². The van der Waals surface area contributed by atoms with Crippen molar-refractivity contribution >= 4 is 23.2 Å². The molecule has 0 saturated carbocycles. The minimum Gasteiger partial charge on any atom is -0.280 e. The molecule has 4 nitrogen and oxygen atoms in total. The summed E-state index contributed by atoms with van der Waals surface area (Å²) in [6.07, 6.45) is 4.96. The average Bonchev–Trinajstić information content (AvgIpc) is 3.24. The minimum absolute atomic E-state index is 0.254. The summed E-state index contributed by atoms with van der Waals surface area (Å²) in [6, 6.07) is 13.8. The Bertz CT molecular complexity index is 868. The van der Waals surface area contributed by atoms with E-state index in [2.05, 4.69) is 22.2 Å². The van der Waals surface area contributed by atoms with E-state index in [1.54, 1.807) is 28.3 Å². The van der Waals surface area contributed by atoms with E-state index in [0.29, 0.717) is 12.2 Å². The van der Waals surface area contributed by atoms with Crippen molar-refractivity contribution in [3.63, 3.8) is 0 Å². The Morgan fingerprint density at radius 1 is 1.22 bits per heavy atom. The van der Waals surface area contributed by atoms with E-state index >= 15 is 0 Å². The molecular formula is C18H13N3OS. The molecule has 3 aromatic rings. The zero-order valence-electron chi connectivity index (χ0n) is 12.2. The molecule has 3 rings (SSSR count). The average molecular weight is 319 g/mol. The second-order valence-electron chi connectivity index (χ2n) is 4.75. The molecule has 0 aliphatic carbocycles. The number of hydrogen-bond donors (Lipinski definition) is 0. The fraction of sp³-hybridized carbons (Fsp3) is 0.0556. The Hall–Kier alpha value is -2.97. The number of benzene rings is 1. The van der Waals surface area contributed by atoms with Crippen molar-refractivity contribution in [3.05, 3.63) is 76.3 Å². The SMILES string of the molecule is O=C(C#Cc1cn(Cc2ccccc2)nn1)/C=C/c1cccs1. The first-order valence-corrected chi connectivity index (χ1v) is 7.89. The fourth-order valence-electron chi connectivity index (χ4n) is 1.91. The van der Waals surface area contributed by atoms with E-state index in [0.717, 1.165) is 10.4 Å². The molecule has 0 N–H and O–H groups in total. The van der Waals surface area contributed by atoms with E-state index < -0.39 is 0 Å². The number of nitrogens with zero attached hydrogens (tertiary/aromatic N) is 3. The molecule has 0 aliphatic heterocycles. The van der Waals surface area contributed by atoms with Crippen LogP contribution in [0.25, 0.3) is 6.08 Å². The molecule has 0 saturated heterocycles. The molecule has 0 amide bonds. The van der Waals surface area contributed by atoms with Gasteiger partial charge in [-0.2, -0.15) is 0 Å². The highest BCUT2D eigenvalue weighted by molar-refractivity contribution is 7.10. The highest BCUT2D eigenvalue weighted by Gasteiger charge is 1.99. The maximum Gasteiger partial charge on any atom is 0.229 e. The third kappa shape index (κ3) is 4.50. The van der Waals surface area contributed by atoms with Gasteiger partial charge in [0, 0.05) is 4.88 Å². The molecular weight excluding hydrogens is 306 g/mol. The summed E-state index contributed by atoms with van der Waals surface area (Å²) in [5.74, 6) is 5.04. The predicted molar refractivity (Wildman–Crippen MR) is 90.8 cm³/mol. The standard InChI is InChI=1S/C18H13N3OS/c22-17(10-11-18-7-4-12-23-18)9-8-16-14-21(20-19-16)13-15-5-2-1-3-6-15/h1-7,10-12,14H,13H2/b11-10+. The summed E-state index contributed by atoms with van der Waals surface area (Å²) in [5, 5.41) is 9.93. The van der Waals surface area contributed by atoms with Gasteiger partial charge in [0.2, 0.25) is 5.78 Å². The number of carbonyl (C=O) groups excluding carboxylic acids is 1. The van der Waals surface area contributed by atoms with Crippen LogP contribution in [-0.4, -0.2) is 20.8 Å². The normalized spacial score (nSPS) is 10.4. The van der Waals surface area contributed by atoms with Crippen molar-refractivity contribution in [2.45, 2.75) is 6.54 Å². The van der Waals surface area contributed by atoms with Gasteiger partial charge in [0.1, 0.15) is 0 Å². The highest BCUT2D eigenvalue weighted by Crippen LogP contribution is 2.09. The van der Waals surface area contributed by atoms with Crippen LogP contribution in [0.5, 0.6) is 0 Å². The molecule has 112 valence electrons. The van der Waals surface area contributed by atoms with Gasteiger partial charge in [-0.3, -0.25) is 4.79 Å². The maximum absolute atomic E-state index is 11.7. The summed E-state index contributed by atoms with van der Waals surface area (Å²) in [6.45, 7) is 0.627. The van der Waals surface area contributed by atoms with Gasteiger partial charge in [-0.25, -0.2) is 4.68 Å². The lowest BCUT2D eigenvalue weighted by atomic mass is 10.2. The molecule has 0 unspecified atom stereocenters. The zero-order chi connectivity index (χ0) is 15.9. The van der Waals surface area contributed by atoms with Crippen LogP contribution in [-0.2, 0) is 11.3 Å². The van der Waals surface area contributed by atoms with Crippen molar-refractivity contribution < 1.29 is 4.79 Å². The first-order chi connectivity index (χ1) is 11.3. The molecule has 0 atom stereocenters. The summed E-state index contributed by atoms with van der Waals surface area (Å²) in [7, 11) is 0. The largest absolute Gasteiger partial charge is 0.280 e. The van der Waals surface area contributed by atoms with Crippen LogP contribution >= 0.6 is 11.3 Å². The van der Waals surface area contributed by atoms with Gasteiger partial charge < -0.3 is 0 Å². The van der Waals surface area contributed by atoms with Crippen molar-refractivity contribution in [1.29, 1.82) is 0 Å². The Balaban J connectivity index is 1.62. The van der Waals surface area contributed by atoms with Crippen molar-refractivity contribution in [2.24, 2.45) is 0 Å². The first kappa shape index (κ1) is 14.9. The van der Waals surface area contributed by atoms with Crippen LogP contribution < -0.4 is 0 Å². The quantitative estimate of drug-likeness (QED) is 0.548. The lowest BCUT2D eigenvalue weighted by molar-refractivity contribution is -0.109. The monoisotopic (exact) mass is 319 g/mol. The van der Waals surface area contributed by atoms with E-state index in [-0.39, 0.29) is 5.78 Å². The highest BCUT2D eigenvalue weighted by atomic mass is 32.1. The third-order valence-corrected chi connectivity index (χ3v) is 3.82. The number of ketones is 1. The number of carbonyl (C=O) groups is 1. The van der Waals surface area contributed by atoms with Gasteiger partial charge in [-0.05, 0) is 41.0 Å². The summed E-state index contributed by atoms with van der Waals surface area (Å²) >= 11 is 1.57. The molecule has 0 spiro atoms. The van der Waals surface area contributed by atoms with Crippen LogP contribution in [0.15, 0.2) is 60.1 Å². The molecule has 2 heterocycles. The van der Waals surface area contributed by atoms with Gasteiger partial charge in [0.25, 0.3) is 0 Å². The van der Waals surface area contributed by atoms with E-state index in [1.807, 2.05) is 47.8 Å². The van der Waals surface area contributed by atoms with E-state index in [4.69, 9.17) is 0 Å². The Kier molecular flexibility index (Phi) is 4.77. The number of hydrogen-bond acceptors (Lipinski definition) is 4. The second kappa shape index (κ2) is 7.34. The van der Waals surface area contributed by atoms with Crippen LogP contribution in [0.1, 0.15) is 16.1 Å². The summed E-state index contributed by atoms with van der Waals surface area (Å²) < 4.78 is 1.70. The molecule has 23 heavy (non-hydrogen) atoms.